The Morgan fingerprint density at radius 1 is 0.548 bits per heavy atom. The average molecular weight is 624 g/mol. The fourth-order valence-electron chi connectivity index (χ4n) is 6.20. The van der Waals surface area contributed by atoms with Crippen molar-refractivity contribution in [2.24, 2.45) is 0 Å². The molecule has 0 saturated carbocycles. The highest BCUT2D eigenvalue weighted by atomic mass is 79.9. The predicted octanol–water partition coefficient (Wildman–Crippen LogP) is 12.1. The smallest absolute Gasteiger partial charge is 0.0358 e. The molecule has 1 unspecified atom stereocenters. The summed E-state index contributed by atoms with van der Waals surface area (Å²) in [5.74, 6) is 0.252. The van der Waals surface area contributed by atoms with E-state index in [1.165, 1.54) is 70.2 Å². The summed E-state index contributed by atoms with van der Waals surface area (Å²) < 4.78 is 3.81. The van der Waals surface area contributed by atoms with Crippen molar-refractivity contribution in [2.45, 2.75) is 26.2 Å². The standard InChI is InChI=1S/C40H31BrS/c1-26-7-3-4-8-34(26)35-21-11-28(23-27(35)2)24-38(31-14-12-29(13-15-31)30-16-19-33(41)20-17-30)32-18-22-37-36-9-5-6-10-39(36)42-40(37)25-32/h3-23,25,38H,24H2,1-2H3. The number of hydrogen-bond acceptors (Lipinski definition) is 1. The predicted molar refractivity (Wildman–Crippen MR) is 186 cm³/mol. The first-order chi connectivity index (χ1) is 20.5. The molecule has 0 bridgehead atoms. The van der Waals surface area contributed by atoms with E-state index < -0.39 is 0 Å². The van der Waals surface area contributed by atoms with Crippen LogP contribution in [0.25, 0.3) is 42.4 Å². The second kappa shape index (κ2) is 11.4. The van der Waals surface area contributed by atoms with Gasteiger partial charge in [0.15, 0.2) is 0 Å². The Balaban J connectivity index is 1.29. The van der Waals surface area contributed by atoms with Crippen LogP contribution in [0.5, 0.6) is 0 Å². The fourth-order valence-corrected chi connectivity index (χ4v) is 7.62. The minimum absolute atomic E-state index is 0.252. The van der Waals surface area contributed by atoms with E-state index in [-0.39, 0.29) is 5.92 Å². The molecule has 0 nitrogen and oxygen atoms in total. The highest BCUT2D eigenvalue weighted by Crippen LogP contribution is 2.38. The van der Waals surface area contributed by atoms with Crippen molar-refractivity contribution in [1.82, 2.24) is 0 Å². The Morgan fingerprint density at radius 2 is 1.19 bits per heavy atom. The number of thiophene rings is 1. The van der Waals surface area contributed by atoms with E-state index >= 15 is 0 Å². The molecule has 0 saturated heterocycles. The van der Waals surface area contributed by atoms with Crippen LogP contribution in [-0.2, 0) is 6.42 Å². The molecule has 0 aliphatic rings. The van der Waals surface area contributed by atoms with Gasteiger partial charge in [-0.1, -0.05) is 125 Å². The molecule has 0 spiro atoms. The Morgan fingerprint density at radius 3 is 1.95 bits per heavy atom. The summed E-state index contributed by atoms with van der Waals surface area (Å²) in [7, 11) is 0. The summed E-state index contributed by atoms with van der Waals surface area (Å²) >= 11 is 5.46. The van der Waals surface area contributed by atoms with Crippen LogP contribution in [0, 0.1) is 13.8 Å². The summed E-state index contributed by atoms with van der Waals surface area (Å²) in [5, 5.41) is 2.70. The monoisotopic (exact) mass is 622 g/mol. The van der Waals surface area contributed by atoms with Crippen molar-refractivity contribution in [3.8, 4) is 22.3 Å². The molecule has 0 radical (unpaired) electrons. The van der Waals surface area contributed by atoms with E-state index in [1.54, 1.807) is 0 Å². The van der Waals surface area contributed by atoms with Crippen LogP contribution in [0.1, 0.15) is 33.7 Å². The minimum atomic E-state index is 0.252. The lowest BCUT2D eigenvalue weighted by atomic mass is 9.84. The molecule has 42 heavy (non-hydrogen) atoms. The Labute approximate surface area is 260 Å². The average Bonchev–Trinajstić information content (AvgIpc) is 3.39. The van der Waals surface area contributed by atoms with Gasteiger partial charge in [0.2, 0.25) is 0 Å². The summed E-state index contributed by atoms with van der Waals surface area (Å²) in [6.07, 6.45) is 0.947. The van der Waals surface area contributed by atoms with Gasteiger partial charge >= 0.3 is 0 Å². The number of fused-ring (bicyclic) bond motifs is 3. The molecule has 0 aliphatic heterocycles. The van der Waals surface area contributed by atoms with Crippen molar-refractivity contribution < 1.29 is 0 Å². The summed E-state index contributed by atoms with van der Waals surface area (Å²) in [4.78, 5) is 0. The SMILES string of the molecule is Cc1ccccc1-c1ccc(CC(c2ccc(-c3ccc(Br)cc3)cc2)c2ccc3c(c2)sc2ccccc23)cc1C. The van der Waals surface area contributed by atoms with Crippen LogP contribution >= 0.6 is 27.3 Å². The molecule has 0 aliphatic carbocycles. The third-order valence-electron chi connectivity index (χ3n) is 8.46. The van der Waals surface area contributed by atoms with Gasteiger partial charge in [-0.3, -0.25) is 0 Å². The van der Waals surface area contributed by atoms with Gasteiger partial charge in [-0.15, -0.1) is 11.3 Å². The minimum Gasteiger partial charge on any atom is -0.135 e. The van der Waals surface area contributed by atoms with E-state index in [4.69, 9.17) is 0 Å². The summed E-state index contributed by atoms with van der Waals surface area (Å²) in [6.45, 7) is 4.44. The zero-order valence-corrected chi connectivity index (χ0v) is 26.2. The maximum Gasteiger partial charge on any atom is 0.0358 e. The summed E-state index contributed by atoms with van der Waals surface area (Å²) in [5.41, 5.74) is 11.8. The molecule has 0 amide bonds. The zero-order valence-electron chi connectivity index (χ0n) is 23.8. The van der Waals surface area contributed by atoms with Gasteiger partial charge in [0, 0.05) is 30.6 Å². The first-order valence-corrected chi connectivity index (χ1v) is 16.1. The van der Waals surface area contributed by atoms with Crippen LogP contribution < -0.4 is 0 Å². The number of benzene rings is 6. The van der Waals surface area contributed by atoms with Gasteiger partial charge in [0.25, 0.3) is 0 Å². The zero-order chi connectivity index (χ0) is 28.6. The van der Waals surface area contributed by atoms with Gasteiger partial charge in [-0.25, -0.2) is 0 Å². The molecule has 6 aromatic carbocycles. The Hall–Kier alpha value is -3.98. The largest absolute Gasteiger partial charge is 0.135 e. The number of halogens is 1. The molecule has 204 valence electrons. The lowest BCUT2D eigenvalue weighted by Gasteiger charge is -2.20. The van der Waals surface area contributed by atoms with Crippen LogP contribution in [0.4, 0.5) is 0 Å². The van der Waals surface area contributed by atoms with Crippen molar-refractivity contribution in [2.75, 3.05) is 0 Å². The fraction of sp³-hybridized carbons (Fsp3) is 0.100. The van der Waals surface area contributed by atoms with Gasteiger partial charge in [0.05, 0.1) is 0 Å². The van der Waals surface area contributed by atoms with Crippen molar-refractivity contribution in [1.29, 1.82) is 0 Å². The first kappa shape index (κ1) is 26.9. The third kappa shape index (κ3) is 5.22. The Bertz CT molecular complexity index is 2030. The normalized spacial score (nSPS) is 12.2. The van der Waals surface area contributed by atoms with Gasteiger partial charge < -0.3 is 0 Å². The summed E-state index contributed by atoms with van der Waals surface area (Å²) in [6, 6.07) is 49.3. The van der Waals surface area contributed by atoms with Gasteiger partial charge in [0.1, 0.15) is 0 Å². The van der Waals surface area contributed by atoms with Gasteiger partial charge in [-0.2, -0.15) is 0 Å². The molecule has 1 heterocycles. The van der Waals surface area contributed by atoms with Crippen LogP contribution in [0.15, 0.2) is 138 Å². The maximum atomic E-state index is 3.56. The highest BCUT2D eigenvalue weighted by Gasteiger charge is 2.18. The van der Waals surface area contributed by atoms with Crippen LogP contribution in [0.3, 0.4) is 0 Å². The van der Waals surface area contributed by atoms with E-state index in [9.17, 15) is 0 Å². The van der Waals surface area contributed by atoms with E-state index in [0.29, 0.717) is 0 Å². The number of aryl methyl sites for hydroxylation is 2. The molecular formula is C40H31BrS. The third-order valence-corrected chi connectivity index (χ3v) is 10.1. The lowest BCUT2D eigenvalue weighted by molar-refractivity contribution is 0.806. The molecule has 7 aromatic rings. The van der Waals surface area contributed by atoms with E-state index in [0.717, 1.165) is 10.9 Å². The lowest BCUT2D eigenvalue weighted by Crippen LogP contribution is -2.06. The Kier molecular flexibility index (Phi) is 7.27. The number of rotatable bonds is 6. The highest BCUT2D eigenvalue weighted by molar-refractivity contribution is 9.10. The second-order valence-corrected chi connectivity index (χ2v) is 13.2. The topological polar surface area (TPSA) is 0 Å². The van der Waals surface area contributed by atoms with Crippen molar-refractivity contribution in [3.05, 3.63) is 166 Å². The molecule has 0 fully saturated rings. The quantitative estimate of drug-likeness (QED) is 0.173. The molecule has 1 atom stereocenters. The second-order valence-electron chi connectivity index (χ2n) is 11.2. The van der Waals surface area contributed by atoms with E-state index in [1.807, 2.05) is 11.3 Å². The van der Waals surface area contributed by atoms with E-state index in [2.05, 4.69) is 163 Å². The molecular weight excluding hydrogens is 592 g/mol. The van der Waals surface area contributed by atoms with Crippen molar-refractivity contribution in [3.63, 3.8) is 0 Å². The molecule has 1 aromatic heterocycles. The molecule has 7 rings (SSSR count). The van der Waals surface area contributed by atoms with Crippen LogP contribution in [0.2, 0.25) is 0 Å². The maximum absolute atomic E-state index is 3.56. The first-order valence-electron chi connectivity index (χ1n) is 14.5. The molecule has 2 heteroatoms. The van der Waals surface area contributed by atoms with Gasteiger partial charge in [-0.05, 0) is 94.6 Å². The van der Waals surface area contributed by atoms with Crippen molar-refractivity contribution >= 4 is 47.4 Å². The van der Waals surface area contributed by atoms with Crippen LogP contribution in [-0.4, -0.2) is 0 Å². The number of hydrogen-bond donors (Lipinski definition) is 0. The molecule has 0 N–H and O–H groups in total.